The molecule has 5 heteroatoms. The van der Waals surface area contributed by atoms with Crippen LogP contribution in [0.25, 0.3) is 10.1 Å². The first kappa shape index (κ1) is 14.4. The van der Waals surface area contributed by atoms with Gasteiger partial charge in [0.1, 0.15) is 5.75 Å². The number of hydrogen-bond donors (Lipinski definition) is 2. The molecule has 0 bridgehead atoms. The van der Waals surface area contributed by atoms with E-state index < -0.39 is 12.0 Å². The Bertz CT molecular complexity index is 812. The van der Waals surface area contributed by atoms with E-state index >= 15 is 0 Å². The molecule has 0 fully saturated rings. The Morgan fingerprint density at radius 2 is 2.05 bits per heavy atom. The zero-order chi connectivity index (χ0) is 15.5. The summed E-state index contributed by atoms with van der Waals surface area (Å²) in [4.78, 5) is 11.7. The minimum atomic E-state index is -0.911. The third kappa shape index (κ3) is 2.76. The van der Waals surface area contributed by atoms with E-state index in [1.807, 2.05) is 47.8 Å². The molecule has 0 radical (unpaired) electrons. The molecule has 2 aromatic carbocycles. The second kappa shape index (κ2) is 6.07. The molecule has 0 aliphatic heterocycles. The van der Waals surface area contributed by atoms with Gasteiger partial charge in [-0.2, -0.15) is 0 Å². The number of nitrogens with one attached hydrogen (secondary N) is 1. The second-order valence-corrected chi connectivity index (χ2v) is 5.75. The van der Waals surface area contributed by atoms with Gasteiger partial charge in [0, 0.05) is 22.0 Å². The van der Waals surface area contributed by atoms with Gasteiger partial charge >= 0.3 is 5.97 Å². The molecule has 3 aromatic rings. The quantitative estimate of drug-likeness (QED) is 0.743. The summed E-state index contributed by atoms with van der Waals surface area (Å²) in [6.07, 6.45) is 0. The SMILES string of the molecule is COc1cccc(NC(C(=O)O)c2csc3ccccc23)c1. The van der Waals surface area contributed by atoms with Crippen LogP contribution in [-0.2, 0) is 4.79 Å². The Balaban J connectivity index is 1.98. The predicted molar refractivity (Wildman–Crippen MR) is 88.8 cm³/mol. The molecular weight excluding hydrogens is 298 g/mol. The highest BCUT2D eigenvalue weighted by atomic mass is 32.1. The summed E-state index contributed by atoms with van der Waals surface area (Å²) in [5.74, 6) is -0.226. The number of thiophene rings is 1. The van der Waals surface area contributed by atoms with Crippen LogP contribution in [0.15, 0.2) is 53.9 Å². The van der Waals surface area contributed by atoms with Crippen molar-refractivity contribution in [2.75, 3.05) is 12.4 Å². The molecular formula is C17H15NO3S. The van der Waals surface area contributed by atoms with Crippen molar-refractivity contribution in [1.29, 1.82) is 0 Å². The summed E-state index contributed by atoms with van der Waals surface area (Å²) >= 11 is 1.55. The van der Waals surface area contributed by atoms with E-state index in [0.29, 0.717) is 11.4 Å². The third-order valence-corrected chi connectivity index (χ3v) is 4.43. The van der Waals surface area contributed by atoms with Crippen LogP contribution in [0.2, 0.25) is 0 Å². The fourth-order valence-electron chi connectivity index (χ4n) is 2.37. The number of rotatable bonds is 5. The van der Waals surface area contributed by atoms with Crippen LogP contribution in [0.3, 0.4) is 0 Å². The van der Waals surface area contributed by atoms with Gasteiger partial charge in [-0.3, -0.25) is 0 Å². The Morgan fingerprint density at radius 1 is 1.23 bits per heavy atom. The topological polar surface area (TPSA) is 58.6 Å². The number of hydrogen-bond acceptors (Lipinski definition) is 4. The highest BCUT2D eigenvalue weighted by Crippen LogP contribution is 2.32. The van der Waals surface area contributed by atoms with E-state index in [1.54, 1.807) is 24.5 Å². The van der Waals surface area contributed by atoms with Gasteiger partial charge in [-0.25, -0.2) is 4.79 Å². The van der Waals surface area contributed by atoms with Gasteiger partial charge in [-0.05, 0) is 29.0 Å². The van der Waals surface area contributed by atoms with Crippen molar-refractivity contribution in [3.63, 3.8) is 0 Å². The van der Waals surface area contributed by atoms with Crippen molar-refractivity contribution >= 4 is 33.1 Å². The average Bonchev–Trinajstić information content (AvgIpc) is 2.96. The number of aliphatic carboxylic acids is 1. The van der Waals surface area contributed by atoms with Crippen LogP contribution < -0.4 is 10.1 Å². The van der Waals surface area contributed by atoms with Gasteiger partial charge in [0.15, 0.2) is 6.04 Å². The zero-order valence-electron chi connectivity index (χ0n) is 11.9. The molecule has 0 saturated carbocycles. The van der Waals surface area contributed by atoms with E-state index in [4.69, 9.17) is 4.74 Å². The minimum absolute atomic E-state index is 0.685. The summed E-state index contributed by atoms with van der Waals surface area (Å²) in [6.45, 7) is 0. The number of ether oxygens (including phenoxy) is 1. The highest BCUT2D eigenvalue weighted by Gasteiger charge is 2.23. The molecule has 0 saturated heterocycles. The molecule has 1 atom stereocenters. The van der Waals surface area contributed by atoms with Gasteiger partial charge in [0.05, 0.1) is 7.11 Å². The Hall–Kier alpha value is -2.53. The smallest absolute Gasteiger partial charge is 0.330 e. The van der Waals surface area contributed by atoms with Crippen molar-refractivity contribution in [2.24, 2.45) is 0 Å². The van der Waals surface area contributed by atoms with Crippen molar-refractivity contribution in [2.45, 2.75) is 6.04 Å². The number of carboxylic acids is 1. The summed E-state index contributed by atoms with van der Waals surface area (Å²) in [5, 5.41) is 15.5. The van der Waals surface area contributed by atoms with E-state index in [1.165, 1.54) is 0 Å². The Morgan fingerprint density at radius 3 is 2.82 bits per heavy atom. The van der Waals surface area contributed by atoms with Gasteiger partial charge in [-0.15, -0.1) is 11.3 Å². The summed E-state index contributed by atoms with van der Waals surface area (Å²) < 4.78 is 6.25. The van der Waals surface area contributed by atoms with Gasteiger partial charge in [0.25, 0.3) is 0 Å². The van der Waals surface area contributed by atoms with E-state index in [0.717, 1.165) is 15.6 Å². The fraction of sp³-hybridized carbons (Fsp3) is 0.118. The summed E-state index contributed by atoms with van der Waals surface area (Å²) in [5.41, 5.74) is 1.48. The van der Waals surface area contributed by atoms with E-state index in [9.17, 15) is 9.90 Å². The molecule has 112 valence electrons. The maximum absolute atomic E-state index is 11.7. The van der Waals surface area contributed by atoms with Gasteiger partial charge in [0.2, 0.25) is 0 Å². The molecule has 4 nitrogen and oxygen atoms in total. The largest absolute Gasteiger partial charge is 0.497 e. The second-order valence-electron chi connectivity index (χ2n) is 4.83. The first-order valence-corrected chi connectivity index (χ1v) is 7.66. The molecule has 1 heterocycles. The highest BCUT2D eigenvalue weighted by molar-refractivity contribution is 7.17. The molecule has 1 aromatic heterocycles. The number of methoxy groups -OCH3 is 1. The number of carboxylic acid groups (broad SMARTS) is 1. The molecule has 3 rings (SSSR count). The first-order chi connectivity index (χ1) is 10.7. The molecule has 0 aliphatic rings. The Labute approximate surface area is 132 Å². The van der Waals surface area contributed by atoms with Crippen LogP contribution in [0.1, 0.15) is 11.6 Å². The number of fused-ring (bicyclic) bond motifs is 1. The lowest BCUT2D eigenvalue weighted by Gasteiger charge is -2.16. The van der Waals surface area contributed by atoms with Gasteiger partial charge in [-0.1, -0.05) is 24.3 Å². The molecule has 2 N–H and O–H groups in total. The minimum Gasteiger partial charge on any atom is -0.497 e. The standard InChI is InChI=1S/C17H15NO3S/c1-21-12-6-4-5-11(9-12)18-16(17(19)20)14-10-22-15-8-3-2-7-13(14)15/h2-10,16,18H,1H3,(H,19,20). The molecule has 0 aliphatic carbocycles. The normalized spacial score (nSPS) is 12.0. The van der Waals surface area contributed by atoms with Gasteiger partial charge < -0.3 is 15.2 Å². The van der Waals surface area contributed by atoms with E-state index in [-0.39, 0.29) is 0 Å². The zero-order valence-corrected chi connectivity index (χ0v) is 12.8. The number of carbonyl (C=O) groups is 1. The third-order valence-electron chi connectivity index (χ3n) is 3.45. The lowest BCUT2D eigenvalue weighted by atomic mass is 10.1. The van der Waals surface area contributed by atoms with Crippen LogP contribution in [0.4, 0.5) is 5.69 Å². The van der Waals surface area contributed by atoms with Crippen molar-refractivity contribution in [3.05, 3.63) is 59.5 Å². The monoisotopic (exact) mass is 313 g/mol. The van der Waals surface area contributed by atoms with Crippen LogP contribution >= 0.6 is 11.3 Å². The number of benzene rings is 2. The van der Waals surface area contributed by atoms with Crippen LogP contribution in [0.5, 0.6) is 5.75 Å². The lowest BCUT2D eigenvalue weighted by molar-refractivity contribution is -0.138. The number of anilines is 1. The summed E-state index contributed by atoms with van der Waals surface area (Å²) in [6, 6.07) is 14.3. The lowest BCUT2D eigenvalue weighted by Crippen LogP contribution is -2.20. The Kier molecular flexibility index (Phi) is 3.98. The van der Waals surface area contributed by atoms with Crippen molar-refractivity contribution in [1.82, 2.24) is 0 Å². The maximum atomic E-state index is 11.7. The summed E-state index contributed by atoms with van der Waals surface area (Å²) in [7, 11) is 1.58. The maximum Gasteiger partial charge on any atom is 0.330 e. The van der Waals surface area contributed by atoms with Crippen molar-refractivity contribution < 1.29 is 14.6 Å². The molecule has 0 amide bonds. The first-order valence-electron chi connectivity index (χ1n) is 6.78. The van der Waals surface area contributed by atoms with Crippen molar-refractivity contribution in [3.8, 4) is 5.75 Å². The molecule has 22 heavy (non-hydrogen) atoms. The molecule has 0 spiro atoms. The average molecular weight is 313 g/mol. The van der Waals surface area contributed by atoms with Crippen LogP contribution in [-0.4, -0.2) is 18.2 Å². The predicted octanol–water partition coefficient (Wildman–Crippen LogP) is 4.15. The van der Waals surface area contributed by atoms with Crippen LogP contribution in [0, 0.1) is 0 Å². The fourth-order valence-corrected chi connectivity index (χ4v) is 3.36. The van der Waals surface area contributed by atoms with E-state index in [2.05, 4.69) is 5.32 Å². The molecule has 1 unspecified atom stereocenters.